The number of aliphatic carboxylic acids is 1. The van der Waals surface area contributed by atoms with E-state index in [1.165, 1.54) is 0 Å². The molecule has 4 rings (SSSR count). The van der Waals surface area contributed by atoms with Crippen LogP contribution in [0.15, 0.2) is 0 Å². The van der Waals surface area contributed by atoms with Crippen LogP contribution in [0.5, 0.6) is 0 Å². The van der Waals surface area contributed by atoms with Crippen molar-refractivity contribution in [3.63, 3.8) is 0 Å². The zero-order valence-corrected chi connectivity index (χ0v) is 13.5. The van der Waals surface area contributed by atoms with Gasteiger partial charge in [0.15, 0.2) is 0 Å². The maximum absolute atomic E-state index is 11.6. The van der Waals surface area contributed by atoms with Crippen LogP contribution in [0.25, 0.3) is 0 Å². The molecule has 4 saturated carbocycles. The molecule has 2 nitrogen and oxygen atoms in total. The minimum Gasteiger partial charge on any atom is -0.481 e. The molecule has 16 heavy (non-hydrogen) atoms. The Morgan fingerprint density at radius 3 is 1.38 bits per heavy atom. The van der Waals surface area contributed by atoms with E-state index in [1.807, 2.05) is 0 Å². The number of carboxylic acid groups (broad SMARTS) is 1. The number of halogens is 3. The first-order valence-electron chi connectivity index (χ1n) is 5.49. The van der Waals surface area contributed by atoms with Crippen molar-refractivity contribution in [1.29, 1.82) is 0 Å². The highest BCUT2D eigenvalue weighted by atomic mass is 79.9. The van der Waals surface area contributed by atoms with Gasteiger partial charge in [-0.15, -0.1) is 0 Å². The molecule has 4 aliphatic carbocycles. The number of carbonyl (C=O) groups is 1. The van der Waals surface area contributed by atoms with E-state index in [9.17, 15) is 9.90 Å². The van der Waals surface area contributed by atoms with Gasteiger partial charge in [0.25, 0.3) is 0 Å². The van der Waals surface area contributed by atoms with E-state index in [0.29, 0.717) is 0 Å². The Hall–Kier alpha value is 0.910. The number of alkyl halides is 3. The predicted octanol–water partition coefficient (Wildman–Crippen LogP) is 3.84. The highest BCUT2D eigenvalue weighted by Gasteiger charge is 2.69. The lowest BCUT2D eigenvalue weighted by Gasteiger charge is -2.65. The van der Waals surface area contributed by atoms with Crippen LogP contribution in [0.3, 0.4) is 0 Å². The van der Waals surface area contributed by atoms with Crippen LogP contribution >= 0.6 is 47.8 Å². The van der Waals surface area contributed by atoms with E-state index >= 15 is 0 Å². The maximum Gasteiger partial charge on any atom is 0.309 e. The number of hydrogen-bond acceptors (Lipinski definition) is 1. The van der Waals surface area contributed by atoms with Crippen LogP contribution in [-0.2, 0) is 4.79 Å². The standard InChI is InChI=1S/C11H13Br3O2/c12-9-1-8(7(15)16)2-10(13,4-9)6-11(14,3-8)5-9/h1-6H2,(H,15,16). The van der Waals surface area contributed by atoms with Crippen molar-refractivity contribution < 1.29 is 9.90 Å². The molecule has 5 heteroatoms. The number of hydrogen-bond donors (Lipinski definition) is 1. The second kappa shape index (κ2) is 3.08. The van der Waals surface area contributed by atoms with Gasteiger partial charge >= 0.3 is 5.97 Å². The number of carboxylic acids is 1. The minimum absolute atomic E-state index is 0.00708. The van der Waals surface area contributed by atoms with Crippen molar-refractivity contribution in [3.05, 3.63) is 0 Å². The van der Waals surface area contributed by atoms with Gasteiger partial charge in [-0.3, -0.25) is 4.79 Å². The van der Waals surface area contributed by atoms with Crippen LogP contribution in [0.1, 0.15) is 38.5 Å². The topological polar surface area (TPSA) is 37.3 Å². The van der Waals surface area contributed by atoms with Gasteiger partial charge in [-0.05, 0) is 38.5 Å². The second-order valence-electron chi connectivity index (χ2n) is 6.10. The molecule has 0 atom stereocenters. The molecular formula is C11H13Br3O2. The molecule has 0 saturated heterocycles. The molecule has 0 aromatic rings. The Balaban J connectivity index is 2.11. The van der Waals surface area contributed by atoms with Crippen LogP contribution in [0.4, 0.5) is 0 Å². The fourth-order valence-corrected chi connectivity index (χ4v) is 10.5. The van der Waals surface area contributed by atoms with Crippen LogP contribution in [-0.4, -0.2) is 24.0 Å². The molecule has 0 spiro atoms. The minimum atomic E-state index is -0.622. The van der Waals surface area contributed by atoms with Crippen molar-refractivity contribution in [2.45, 2.75) is 51.5 Å². The lowest BCUT2D eigenvalue weighted by Crippen LogP contribution is -2.65. The smallest absolute Gasteiger partial charge is 0.309 e. The number of rotatable bonds is 1. The van der Waals surface area contributed by atoms with E-state index in [2.05, 4.69) is 47.8 Å². The van der Waals surface area contributed by atoms with Gasteiger partial charge in [-0.2, -0.15) is 0 Å². The molecule has 0 heterocycles. The first-order chi connectivity index (χ1) is 7.19. The van der Waals surface area contributed by atoms with Gasteiger partial charge in [0.1, 0.15) is 0 Å². The predicted molar refractivity (Wildman–Crippen MR) is 72.7 cm³/mol. The van der Waals surface area contributed by atoms with Crippen molar-refractivity contribution in [2.24, 2.45) is 5.41 Å². The van der Waals surface area contributed by atoms with Crippen molar-refractivity contribution >= 4 is 53.8 Å². The molecule has 0 aromatic carbocycles. The molecule has 0 amide bonds. The van der Waals surface area contributed by atoms with Gasteiger partial charge in [0.05, 0.1) is 5.41 Å². The van der Waals surface area contributed by atoms with Crippen LogP contribution in [0, 0.1) is 5.41 Å². The third-order valence-corrected chi connectivity index (χ3v) is 6.84. The maximum atomic E-state index is 11.6. The van der Waals surface area contributed by atoms with E-state index in [-0.39, 0.29) is 13.0 Å². The van der Waals surface area contributed by atoms with Crippen molar-refractivity contribution in [2.75, 3.05) is 0 Å². The SMILES string of the molecule is O=C(O)C12CC3(Br)CC(Br)(CC(Br)(C3)C1)C2. The third-order valence-electron chi connectivity index (χ3n) is 4.32. The summed E-state index contributed by atoms with van der Waals surface area (Å²) in [7, 11) is 0. The zero-order chi connectivity index (χ0) is 11.8. The quantitative estimate of drug-likeness (QED) is 0.659. The van der Waals surface area contributed by atoms with Crippen LogP contribution < -0.4 is 0 Å². The summed E-state index contributed by atoms with van der Waals surface area (Å²) in [4.78, 5) is 11.6. The molecule has 0 aliphatic heterocycles. The largest absolute Gasteiger partial charge is 0.481 e. The Morgan fingerprint density at radius 1 is 0.812 bits per heavy atom. The lowest BCUT2D eigenvalue weighted by molar-refractivity contribution is -0.159. The highest BCUT2D eigenvalue weighted by Crippen LogP contribution is 2.71. The van der Waals surface area contributed by atoms with E-state index in [0.717, 1.165) is 38.5 Å². The van der Waals surface area contributed by atoms with Gasteiger partial charge in [0.2, 0.25) is 0 Å². The Bertz CT molecular complexity index is 328. The Labute approximate surface area is 120 Å². The molecule has 90 valence electrons. The molecule has 4 bridgehead atoms. The lowest BCUT2D eigenvalue weighted by atomic mass is 9.49. The Kier molecular flexibility index (Phi) is 2.30. The summed E-state index contributed by atoms with van der Waals surface area (Å²) < 4.78 is 0.0212. The fourth-order valence-electron chi connectivity index (χ4n) is 4.50. The van der Waals surface area contributed by atoms with Gasteiger partial charge in [-0.1, -0.05) is 47.8 Å². The average molecular weight is 417 g/mol. The van der Waals surface area contributed by atoms with Gasteiger partial charge in [-0.25, -0.2) is 0 Å². The molecule has 0 unspecified atom stereocenters. The summed E-state index contributed by atoms with van der Waals surface area (Å²) in [5.74, 6) is -0.622. The second-order valence-corrected chi connectivity index (χ2v) is 11.1. The average Bonchev–Trinajstić information content (AvgIpc) is 1.92. The molecular weight excluding hydrogens is 404 g/mol. The summed E-state index contributed by atoms with van der Waals surface area (Å²) in [6, 6.07) is 0. The molecule has 4 fully saturated rings. The summed E-state index contributed by atoms with van der Waals surface area (Å²) in [5.41, 5.74) is -0.536. The fraction of sp³-hybridized carbons (Fsp3) is 0.909. The van der Waals surface area contributed by atoms with E-state index < -0.39 is 11.4 Å². The molecule has 0 radical (unpaired) electrons. The van der Waals surface area contributed by atoms with Crippen molar-refractivity contribution in [1.82, 2.24) is 0 Å². The molecule has 4 aliphatic rings. The van der Waals surface area contributed by atoms with Gasteiger partial charge in [0, 0.05) is 13.0 Å². The monoisotopic (exact) mass is 414 g/mol. The zero-order valence-electron chi connectivity index (χ0n) is 8.73. The normalized spacial score (nSPS) is 58.9. The summed E-state index contributed by atoms with van der Waals surface area (Å²) in [6.07, 6.45) is 5.45. The molecule has 0 aromatic heterocycles. The van der Waals surface area contributed by atoms with Crippen molar-refractivity contribution in [3.8, 4) is 0 Å². The highest BCUT2D eigenvalue weighted by molar-refractivity contribution is 9.11. The van der Waals surface area contributed by atoms with Crippen LogP contribution in [0.2, 0.25) is 0 Å². The van der Waals surface area contributed by atoms with E-state index in [4.69, 9.17) is 0 Å². The first-order valence-corrected chi connectivity index (χ1v) is 7.87. The Morgan fingerprint density at radius 2 is 1.12 bits per heavy atom. The van der Waals surface area contributed by atoms with Gasteiger partial charge < -0.3 is 5.11 Å². The summed E-state index contributed by atoms with van der Waals surface area (Å²) in [6.45, 7) is 0. The van der Waals surface area contributed by atoms with E-state index in [1.54, 1.807) is 0 Å². The first kappa shape index (κ1) is 12.0. The summed E-state index contributed by atoms with van der Waals surface area (Å²) in [5, 5.41) is 9.56. The summed E-state index contributed by atoms with van der Waals surface area (Å²) >= 11 is 11.4. The third kappa shape index (κ3) is 1.57. The molecule has 1 N–H and O–H groups in total.